The quantitative estimate of drug-likeness (QED) is 0.317. The molecular formula is C17H33FO2S. The number of alkyl halides is 1. The minimum atomic E-state index is -0.214. The molecule has 0 aliphatic carbocycles. The number of unbranched alkanes of at least 4 members (excludes halogenated alkanes) is 5. The van der Waals surface area contributed by atoms with Crippen LogP contribution in [0.3, 0.4) is 0 Å². The van der Waals surface area contributed by atoms with E-state index in [0.29, 0.717) is 18.9 Å². The molecule has 0 aromatic carbocycles. The molecule has 0 aliphatic heterocycles. The molecule has 1 atom stereocenters. The number of esters is 1. The molecule has 0 amide bonds. The smallest absolute Gasteiger partial charge is 0.319 e. The summed E-state index contributed by atoms with van der Waals surface area (Å²) in [6.45, 7) is 6.58. The number of hydrogen-bond donors (Lipinski definition) is 0. The number of ether oxygens (including phenoxy) is 1. The van der Waals surface area contributed by atoms with Gasteiger partial charge in [0.1, 0.15) is 5.25 Å². The van der Waals surface area contributed by atoms with Crippen LogP contribution in [0.15, 0.2) is 0 Å². The largest absolute Gasteiger partial charge is 0.465 e. The Kier molecular flexibility index (Phi) is 14.5. The van der Waals surface area contributed by atoms with Crippen LogP contribution in [0.5, 0.6) is 0 Å². The number of hydrogen-bond acceptors (Lipinski definition) is 3. The molecule has 0 radical (unpaired) electrons. The van der Waals surface area contributed by atoms with Crippen LogP contribution in [-0.4, -0.2) is 30.3 Å². The van der Waals surface area contributed by atoms with Crippen molar-refractivity contribution in [2.24, 2.45) is 5.92 Å². The van der Waals surface area contributed by atoms with E-state index in [0.717, 1.165) is 37.9 Å². The molecule has 0 aromatic heterocycles. The third-order valence-electron chi connectivity index (χ3n) is 3.24. The monoisotopic (exact) mass is 320 g/mol. The van der Waals surface area contributed by atoms with Crippen molar-refractivity contribution in [3.05, 3.63) is 0 Å². The number of rotatable bonds is 14. The molecule has 0 aromatic rings. The first-order chi connectivity index (χ1) is 10.1. The molecule has 0 saturated heterocycles. The van der Waals surface area contributed by atoms with Crippen LogP contribution < -0.4 is 0 Å². The van der Waals surface area contributed by atoms with Gasteiger partial charge < -0.3 is 4.74 Å². The maximum Gasteiger partial charge on any atom is 0.319 e. The highest BCUT2D eigenvalue weighted by Gasteiger charge is 2.20. The molecule has 0 heterocycles. The van der Waals surface area contributed by atoms with Crippen molar-refractivity contribution >= 4 is 17.7 Å². The van der Waals surface area contributed by atoms with E-state index in [1.165, 1.54) is 12.8 Å². The van der Waals surface area contributed by atoms with Crippen molar-refractivity contribution in [3.63, 3.8) is 0 Å². The summed E-state index contributed by atoms with van der Waals surface area (Å²) in [4.78, 5) is 12.1. The van der Waals surface area contributed by atoms with Crippen molar-refractivity contribution in [2.75, 3.05) is 19.0 Å². The Bertz CT molecular complexity index is 247. The molecule has 1 unspecified atom stereocenters. The minimum Gasteiger partial charge on any atom is -0.465 e. The first kappa shape index (κ1) is 20.8. The number of thioether (sulfide) groups is 1. The second-order valence-corrected chi connectivity index (χ2v) is 7.29. The number of carbonyl (C=O) groups is 1. The van der Waals surface area contributed by atoms with E-state index in [-0.39, 0.29) is 17.9 Å². The van der Waals surface area contributed by atoms with E-state index >= 15 is 0 Å². The molecule has 0 aliphatic rings. The van der Waals surface area contributed by atoms with E-state index in [2.05, 4.69) is 20.8 Å². The molecule has 0 rings (SSSR count). The van der Waals surface area contributed by atoms with Gasteiger partial charge in [-0.1, -0.05) is 52.9 Å². The molecule has 0 N–H and O–H groups in total. The summed E-state index contributed by atoms with van der Waals surface area (Å²) in [5, 5.41) is -0.0172. The highest BCUT2D eigenvalue weighted by molar-refractivity contribution is 8.00. The van der Waals surface area contributed by atoms with Crippen molar-refractivity contribution in [3.8, 4) is 0 Å². The Morgan fingerprint density at radius 1 is 1.10 bits per heavy atom. The molecule has 0 saturated carbocycles. The topological polar surface area (TPSA) is 26.3 Å². The molecule has 21 heavy (non-hydrogen) atoms. The normalized spacial score (nSPS) is 12.6. The standard InChI is InChI=1S/C17H33FO2S/c1-4-5-8-11-16(17(19)20-14-15(2)3)21-13-10-7-6-9-12-18/h15-16H,4-14H2,1-3H3. The van der Waals surface area contributed by atoms with Gasteiger partial charge in [0.2, 0.25) is 0 Å². The van der Waals surface area contributed by atoms with Gasteiger partial charge in [-0.3, -0.25) is 9.18 Å². The Labute approximate surface area is 134 Å². The summed E-state index contributed by atoms with van der Waals surface area (Å²) in [7, 11) is 0. The summed E-state index contributed by atoms with van der Waals surface area (Å²) in [5.41, 5.74) is 0. The predicted molar refractivity (Wildman–Crippen MR) is 90.6 cm³/mol. The third kappa shape index (κ3) is 13.2. The van der Waals surface area contributed by atoms with Crippen molar-refractivity contribution in [1.82, 2.24) is 0 Å². The van der Waals surface area contributed by atoms with Gasteiger partial charge in [-0.05, 0) is 30.9 Å². The van der Waals surface area contributed by atoms with Crippen LogP contribution in [0, 0.1) is 5.92 Å². The molecule has 0 bridgehead atoms. The molecule has 0 fully saturated rings. The van der Waals surface area contributed by atoms with Gasteiger partial charge >= 0.3 is 5.97 Å². The zero-order chi connectivity index (χ0) is 15.9. The van der Waals surface area contributed by atoms with Gasteiger partial charge in [0.25, 0.3) is 0 Å². The third-order valence-corrected chi connectivity index (χ3v) is 4.59. The van der Waals surface area contributed by atoms with Crippen LogP contribution >= 0.6 is 11.8 Å². The summed E-state index contributed by atoms with van der Waals surface area (Å²) in [5.74, 6) is 1.31. The molecule has 2 nitrogen and oxygen atoms in total. The Morgan fingerprint density at radius 3 is 2.43 bits per heavy atom. The van der Waals surface area contributed by atoms with Crippen LogP contribution in [0.25, 0.3) is 0 Å². The Hall–Kier alpha value is -0.250. The van der Waals surface area contributed by atoms with Crippen LogP contribution in [0.4, 0.5) is 4.39 Å². The maximum absolute atomic E-state index is 12.1. The van der Waals surface area contributed by atoms with Gasteiger partial charge in [0, 0.05) is 0 Å². The predicted octanol–water partition coefficient (Wildman–Crippen LogP) is 5.40. The van der Waals surface area contributed by atoms with Gasteiger partial charge in [0.15, 0.2) is 0 Å². The lowest BCUT2D eigenvalue weighted by Gasteiger charge is -2.16. The first-order valence-corrected chi connectivity index (χ1v) is 9.50. The van der Waals surface area contributed by atoms with Crippen molar-refractivity contribution < 1.29 is 13.9 Å². The average Bonchev–Trinajstić information content (AvgIpc) is 2.46. The zero-order valence-corrected chi connectivity index (χ0v) is 14.9. The van der Waals surface area contributed by atoms with Gasteiger partial charge in [-0.2, -0.15) is 0 Å². The summed E-state index contributed by atoms with van der Waals surface area (Å²) in [6, 6.07) is 0. The Balaban J connectivity index is 3.97. The second kappa shape index (κ2) is 14.7. The highest BCUT2D eigenvalue weighted by Crippen LogP contribution is 2.21. The lowest BCUT2D eigenvalue weighted by Crippen LogP contribution is -2.22. The van der Waals surface area contributed by atoms with E-state index in [1.54, 1.807) is 11.8 Å². The van der Waals surface area contributed by atoms with Crippen molar-refractivity contribution in [2.45, 2.75) is 77.4 Å². The Morgan fingerprint density at radius 2 is 1.81 bits per heavy atom. The number of carbonyl (C=O) groups excluding carboxylic acids is 1. The second-order valence-electron chi connectivity index (χ2n) is 5.98. The first-order valence-electron chi connectivity index (χ1n) is 8.46. The maximum atomic E-state index is 12.1. The molecule has 0 spiro atoms. The SMILES string of the molecule is CCCCCC(SCCCCCCF)C(=O)OCC(C)C. The van der Waals surface area contributed by atoms with Gasteiger partial charge in [0.05, 0.1) is 13.3 Å². The molecule has 4 heteroatoms. The van der Waals surface area contributed by atoms with E-state index in [4.69, 9.17) is 4.74 Å². The minimum absolute atomic E-state index is 0.0172. The molecular weight excluding hydrogens is 287 g/mol. The van der Waals surface area contributed by atoms with Crippen LogP contribution in [-0.2, 0) is 9.53 Å². The number of halogens is 1. The summed E-state index contributed by atoms with van der Waals surface area (Å²) >= 11 is 1.72. The lowest BCUT2D eigenvalue weighted by atomic mass is 10.1. The lowest BCUT2D eigenvalue weighted by molar-refractivity contribution is -0.144. The van der Waals surface area contributed by atoms with E-state index < -0.39 is 0 Å². The zero-order valence-electron chi connectivity index (χ0n) is 14.0. The van der Waals surface area contributed by atoms with E-state index in [9.17, 15) is 9.18 Å². The van der Waals surface area contributed by atoms with Crippen molar-refractivity contribution in [1.29, 1.82) is 0 Å². The fraction of sp³-hybridized carbons (Fsp3) is 0.941. The van der Waals surface area contributed by atoms with Crippen LogP contribution in [0.1, 0.15) is 72.1 Å². The average molecular weight is 321 g/mol. The van der Waals surface area contributed by atoms with Gasteiger partial charge in [-0.15, -0.1) is 11.8 Å². The molecule has 126 valence electrons. The summed E-state index contributed by atoms with van der Waals surface area (Å²) in [6.07, 6.45) is 8.09. The fourth-order valence-electron chi connectivity index (χ4n) is 1.97. The summed E-state index contributed by atoms with van der Waals surface area (Å²) < 4.78 is 17.4. The fourth-order valence-corrected chi connectivity index (χ4v) is 3.16. The van der Waals surface area contributed by atoms with Gasteiger partial charge in [-0.25, -0.2) is 0 Å². The highest BCUT2D eigenvalue weighted by atomic mass is 32.2. The van der Waals surface area contributed by atoms with E-state index in [1.807, 2.05) is 0 Å². The van der Waals surface area contributed by atoms with Crippen LogP contribution in [0.2, 0.25) is 0 Å².